The van der Waals surface area contributed by atoms with Crippen molar-refractivity contribution in [3.05, 3.63) is 47.5 Å². The Kier molecular flexibility index (Phi) is 3.57. The SMILES string of the molecule is Nc1ccc(-c2ccc(OC(F)(F)F)cc2)cc1Cl. The summed E-state index contributed by atoms with van der Waals surface area (Å²) in [6.45, 7) is 0. The summed E-state index contributed by atoms with van der Waals surface area (Å²) in [4.78, 5) is 0. The number of rotatable bonds is 2. The largest absolute Gasteiger partial charge is 0.573 e. The molecule has 2 aromatic rings. The standard InChI is InChI=1S/C13H9ClF3NO/c14-11-7-9(3-6-12(11)18)8-1-4-10(5-2-8)19-13(15,16)17/h1-7H,18H2. The Morgan fingerprint density at radius 3 is 2.05 bits per heavy atom. The zero-order chi connectivity index (χ0) is 14.0. The van der Waals surface area contributed by atoms with Crippen molar-refractivity contribution in [3.8, 4) is 16.9 Å². The first-order valence-corrected chi connectivity index (χ1v) is 5.64. The predicted molar refractivity (Wildman–Crippen MR) is 68.0 cm³/mol. The molecule has 2 aromatic carbocycles. The number of ether oxygens (including phenoxy) is 1. The average molecular weight is 288 g/mol. The van der Waals surface area contributed by atoms with E-state index in [0.29, 0.717) is 10.7 Å². The third-order valence-electron chi connectivity index (χ3n) is 2.42. The van der Waals surface area contributed by atoms with Crippen LogP contribution in [0, 0.1) is 0 Å². The van der Waals surface area contributed by atoms with Crippen LogP contribution >= 0.6 is 11.6 Å². The first-order valence-electron chi connectivity index (χ1n) is 5.26. The molecule has 0 radical (unpaired) electrons. The lowest BCUT2D eigenvalue weighted by Gasteiger charge is -2.09. The van der Waals surface area contributed by atoms with Crippen molar-refractivity contribution < 1.29 is 17.9 Å². The third kappa shape index (κ3) is 3.54. The Labute approximate surface area is 112 Å². The topological polar surface area (TPSA) is 35.2 Å². The molecule has 2 nitrogen and oxygen atoms in total. The van der Waals surface area contributed by atoms with Crippen molar-refractivity contribution >= 4 is 17.3 Å². The Hall–Kier alpha value is -1.88. The van der Waals surface area contributed by atoms with E-state index in [2.05, 4.69) is 4.74 Å². The molecule has 2 N–H and O–H groups in total. The predicted octanol–water partition coefficient (Wildman–Crippen LogP) is 4.49. The minimum Gasteiger partial charge on any atom is -0.406 e. The highest BCUT2D eigenvalue weighted by molar-refractivity contribution is 6.33. The highest BCUT2D eigenvalue weighted by Crippen LogP contribution is 2.29. The van der Waals surface area contributed by atoms with Gasteiger partial charge in [-0.2, -0.15) is 0 Å². The Morgan fingerprint density at radius 1 is 0.947 bits per heavy atom. The van der Waals surface area contributed by atoms with Gasteiger partial charge < -0.3 is 10.5 Å². The second-order valence-electron chi connectivity index (χ2n) is 3.81. The number of halogens is 4. The van der Waals surface area contributed by atoms with E-state index < -0.39 is 6.36 Å². The van der Waals surface area contributed by atoms with Gasteiger partial charge in [0, 0.05) is 0 Å². The fourth-order valence-electron chi connectivity index (χ4n) is 1.56. The molecule has 19 heavy (non-hydrogen) atoms. The number of anilines is 1. The monoisotopic (exact) mass is 287 g/mol. The normalized spacial score (nSPS) is 11.4. The van der Waals surface area contributed by atoms with Crippen molar-refractivity contribution in [3.63, 3.8) is 0 Å². The first-order chi connectivity index (χ1) is 8.85. The van der Waals surface area contributed by atoms with Crippen LogP contribution in [0.2, 0.25) is 5.02 Å². The van der Waals surface area contributed by atoms with Crippen molar-refractivity contribution in [1.82, 2.24) is 0 Å². The van der Waals surface area contributed by atoms with Gasteiger partial charge in [-0.15, -0.1) is 13.2 Å². The molecule has 0 bridgehead atoms. The first kappa shape index (κ1) is 13.5. The van der Waals surface area contributed by atoms with Crippen LogP contribution in [0.5, 0.6) is 5.75 Å². The molecular weight excluding hydrogens is 279 g/mol. The molecule has 0 atom stereocenters. The Bertz CT molecular complexity index is 581. The van der Waals surface area contributed by atoms with E-state index in [1.807, 2.05) is 0 Å². The van der Waals surface area contributed by atoms with E-state index in [1.165, 1.54) is 24.3 Å². The second-order valence-corrected chi connectivity index (χ2v) is 4.22. The van der Waals surface area contributed by atoms with Crippen molar-refractivity contribution in [2.45, 2.75) is 6.36 Å². The Balaban J connectivity index is 2.25. The third-order valence-corrected chi connectivity index (χ3v) is 2.75. The van der Waals surface area contributed by atoms with Crippen molar-refractivity contribution in [1.29, 1.82) is 0 Å². The average Bonchev–Trinajstić information content (AvgIpc) is 2.32. The van der Waals surface area contributed by atoms with Crippen molar-refractivity contribution in [2.24, 2.45) is 0 Å². The number of nitrogens with two attached hydrogens (primary N) is 1. The van der Waals surface area contributed by atoms with E-state index in [0.717, 1.165) is 11.1 Å². The molecule has 0 aromatic heterocycles. The molecule has 0 spiro atoms. The highest BCUT2D eigenvalue weighted by Gasteiger charge is 2.30. The lowest BCUT2D eigenvalue weighted by molar-refractivity contribution is -0.274. The number of alkyl halides is 3. The smallest absolute Gasteiger partial charge is 0.406 e. The fraction of sp³-hybridized carbons (Fsp3) is 0.0769. The van der Waals surface area contributed by atoms with Crippen LogP contribution in [-0.2, 0) is 0 Å². The van der Waals surface area contributed by atoms with Gasteiger partial charge in [-0.3, -0.25) is 0 Å². The lowest BCUT2D eigenvalue weighted by Crippen LogP contribution is -2.16. The molecule has 0 heterocycles. The molecular formula is C13H9ClF3NO. The summed E-state index contributed by atoms with van der Waals surface area (Å²) >= 11 is 5.88. The van der Waals surface area contributed by atoms with Crippen LogP contribution in [0.15, 0.2) is 42.5 Å². The van der Waals surface area contributed by atoms with Gasteiger partial charge in [-0.25, -0.2) is 0 Å². The van der Waals surface area contributed by atoms with Gasteiger partial charge in [-0.05, 0) is 35.4 Å². The molecule has 0 amide bonds. The maximum absolute atomic E-state index is 12.0. The molecule has 0 fully saturated rings. The molecule has 0 saturated carbocycles. The maximum atomic E-state index is 12.0. The summed E-state index contributed by atoms with van der Waals surface area (Å²) < 4.78 is 39.8. The van der Waals surface area contributed by atoms with E-state index in [9.17, 15) is 13.2 Å². The minimum absolute atomic E-state index is 0.266. The molecule has 0 aliphatic rings. The summed E-state index contributed by atoms with van der Waals surface area (Å²) in [5, 5.41) is 0.396. The minimum atomic E-state index is -4.69. The molecule has 100 valence electrons. The number of hydrogen-bond acceptors (Lipinski definition) is 2. The van der Waals surface area contributed by atoms with E-state index in [1.54, 1.807) is 18.2 Å². The maximum Gasteiger partial charge on any atom is 0.573 e. The van der Waals surface area contributed by atoms with Gasteiger partial charge in [0.05, 0.1) is 10.7 Å². The summed E-state index contributed by atoms with van der Waals surface area (Å²) in [6, 6.07) is 10.5. The van der Waals surface area contributed by atoms with Crippen LogP contribution in [0.1, 0.15) is 0 Å². The zero-order valence-electron chi connectivity index (χ0n) is 9.54. The highest BCUT2D eigenvalue weighted by atomic mass is 35.5. The van der Waals surface area contributed by atoms with Crippen LogP contribution in [0.25, 0.3) is 11.1 Å². The van der Waals surface area contributed by atoms with Gasteiger partial charge in [0.25, 0.3) is 0 Å². The lowest BCUT2D eigenvalue weighted by atomic mass is 10.1. The van der Waals surface area contributed by atoms with Crippen LogP contribution in [0.3, 0.4) is 0 Å². The Morgan fingerprint density at radius 2 is 1.53 bits per heavy atom. The van der Waals surface area contributed by atoms with Crippen LogP contribution < -0.4 is 10.5 Å². The zero-order valence-corrected chi connectivity index (χ0v) is 10.3. The van der Waals surface area contributed by atoms with Gasteiger partial charge >= 0.3 is 6.36 Å². The van der Waals surface area contributed by atoms with Crippen LogP contribution in [0.4, 0.5) is 18.9 Å². The van der Waals surface area contributed by atoms with Gasteiger partial charge in [0.1, 0.15) is 5.75 Å². The fourth-order valence-corrected chi connectivity index (χ4v) is 1.74. The number of benzene rings is 2. The molecule has 6 heteroatoms. The molecule has 0 aliphatic heterocycles. The molecule has 0 aliphatic carbocycles. The quantitative estimate of drug-likeness (QED) is 0.826. The molecule has 0 unspecified atom stereocenters. The van der Waals surface area contributed by atoms with Gasteiger partial charge in [0.2, 0.25) is 0 Å². The van der Waals surface area contributed by atoms with Gasteiger partial charge in [0.15, 0.2) is 0 Å². The summed E-state index contributed by atoms with van der Waals surface area (Å²) in [5.41, 5.74) is 7.51. The summed E-state index contributed by atoms with van der Waals surface area (Å²) in [7, 11) is 0. The summed E-state index contributed by atoms with van der Waals surface area (Å²) in [5.74, 6) is -0.266. The number of nitrogen functional groups attached to an aromatic ring is 1. The summed E-state index contributed by atoms with van der Waals surface area (Å²) in [6.07, 6.45) is -4.69. The van der Waals surface area contributed by atoms with Crippen molar-refractivity contribution in [2.75, 3.05) is 5.73 Å². The van der Waals surface area contributed by atoms with Gasteiger partial charge in [-0.1, -0.05) is 29.8 Å². The second kappa shape index (κ2) is 5.01. The van der Waals surface area contributed by atoms with E-state index in [4.69, 9.17) is 17.3 Å². The number of hydrogen-bond donors (Lipinski definition) is 1. The van der Waals surface area contributed by atoms with Crippen LogP contribution in [-0.4, -0.2) is 6.36 Å². The molecule has 2 rings (SSSR count). The van der Waals surface area contributed by atoms with E-state index in [-0.39, 0.29) is 5.75 Å². The van der Waals surface area contributed by atoms with E-state index >= 15 is 0 Å². The molecule has 0 saturated heterocycles.